The SMILES string of the molecule is CN(C)C(=O)CCCN1CCCC(C(=O)NCCN)C1. The van der Waals surface area contributed by atoms with Gasteiger partial charge in [0.15, 0.2) is 0 Å². The first-order chi connectivity index (χ1) is 9.54. The Balaban J connectivity index is 2.26. The number of piperidine rings is 1. The summed E-state index contributed by atoms with van der Waals surface area (Å²) < 4.78 is 0. The molecule has 0 aromatic carbocycles. The third-order valence-electron chi connectivity index (χ3n) is 3.68. The fraction of sp³-hybridized carbons (Fsp3) is 0.857. The molecule has 6 nitrogen and oxygen atoms in total. The Labute approximate surface area is 121 Å². The first-order valence-corrected chi connectivity index (χ1v) is 7.45. The first-order valence-electron chi connectivity index (χ1n) is 7.45. The second kappa shape index (κ2) is 8.92. The van der Waals surface area contributed by atoms with Gasteiger partial charge in [-0.25, -0.2) is 0 Å². The van der Waals surface area contributed by atoms with Crippen LogP contribution in [0, 0.1) is 5.92 Å². The van der Waals surface area contributed by atoms with Crippen molar-refractivity contribution in [3.8, 4) is 0 Å². The molecule has 1 unspecified atom stereocenters. The third-order valence-corrected chi connectivity index (χ3v) is 3.68. The van der Waals surface area contributed by atoms with Crippen molar-refractivity contribution in [3.63, 3.8) is 0 Å². The molecule has 0 radical (unpaired) electrons. The van der Waals surface area contributed by atoms with Crippen LogP contribution in [0.3, 0.4) is 0 Å². The molecule has 0 saturated carbocycles. The van der Waals surface area contributed by atoms with Gasteiger partial charge in [-0.1, -0.05) is 0 Å². The molecule has 1 rings (SSSR count). The van der Waals surface area contributed by atoms with E-state index >= 15 is 0 Å². The van der Waals surface area contributed by atoms with Gasteiger partial charge >= 0.3 is 0 Å². The van der Waals surface area contributed by atoms with Crippen molar-refractivity contribution in [2.75, 3.05) is 46.8 Å². The van der Waals surface area contributed by atoms with E-state index < -0.39 is 0 Å². The van der Waals surface area contributed by atoms with Crippen LogP contribution in [0.5, 0.6) is 0 Å². The van der Waals surface area contributed by atoms with Crippen LogP contribution < -0.4 is 11.1 Å². The summed E-state index contributed by atoms with van der Waals surface area (Å²) in [6, 6.07) is 0. The minimum atomic E-state index is 0.0693. The number of nitrogens with two attached hydrogens (primary N) is 1. The molecule has 0 bridgehead atoms. The van der Waals surface area contributed by atoms with Crippen LogP contribution >= 0.6 is 0 Å². The topological polar surface area (TPSA) is 78.7 Å². The largest absolute Gasteiger partial charge is 0.355 e. The lowest BCUT2D eigenvalue weighted by molar-refractivity contribution is -0.129. The number of rotatable bonds is 7. The summed E-state index contributed by atoms with van der Waals surface area (Å²) in [6.07, 6.45) is 3.42. The number of hydrogen-bond acceptors (Lipinski definition) is 4. The number of nitrogens with one attached hydrogen (secondary N) is 1. The maximum atomic E-state index is 11.9. The van der Waals surface area contributed by atoms with Crippen LogP contribution in [0.4, 0.5) is 0 Å². The Morgan fingerprint density at radius 2 is 2.15 bits per heavy atom. The van der Waals surface area contributed by atoms with Gasteiger partial charge in [0.1, 0.15) is 0 Å². The van der Waals surface area contributed by atoms with Crippen LogP contribution in [0.1, 0.15) is 25.7 Å². The number of nitrogens with zero attached hydrogens (tertiary/aromatic N) is 2. The molecule has 3 N–H and O–H groups in total. The lowest BCUT2D eigenvalue weighted by Gasteiger charge is -2.32. The van der Waals surface area contributed by atoms with Gasteiger partial charge in [0, 0.05) is 40.2 Å². The van der Waals surface area contributed by atoms with Crippen molar-refractivity contribution in [2.45, 2.75) is 25.7 Å². The highest BCUT2D eigenvalue weighted by Crippen LogP contribution is 2.17. The molecular formula is C14H28N4O2. The second-order valence-corrected chi connectivity index (χ2v) is 5.61. The second-order valence-electron chi connectivity index (χ2n) is 5.61. The minimum Gasteiger partial charge on any atom is -0.355 e. The lowest BCUT2D eigenvalue weighted by Crippen LogP contribution is -2.44. The van der Waals surface area contributed by atoms with Crippen LogP contribution in [0.25, 0.3) is 0 Å². The average molecular weight is 284 g/mol. The van der Waals surface area contributed by atoms with E-state index in [-0.39, 0.29) is 17.7 Å². The van der Waals surface area contributed by atoms with Crippen LogP contribution in [-0.4, -0.2) is 68.4 Å². The number of hydrogen-bond donors (Lipinski definition) is 2. The van der Waals surface area contributed by atoms with E-state index in [4.69, 9.17) is 5.73 Å². The molecule has 1 heterocycles. The Bertz CT molecular complexity index is 320. The highest BCUT2D eigenvalue weighted by molar-refractivity contribution is 5.79. The van der Waals surface area contributed by atoms with Gasteiger partial charge in [0.05, 0.1) is 5.92 Å². The van der Waals surface area contributed by atoms with Crippen molar-refractivity contribution in [3.05, 3.63) is 0 Å². The van der Waals surface area contributed by atoms with Crippen molar-refractivity contribution in [1.82, 2.24) is 15.1 Å². The fourth-order valence-electron chi connectivity index (χ4n) is 2.49. The van der Waals surface area contributed by atoms with E-state index in [1.807, 2.05) is 0 Å². The Kier molecular flexibility index (Phi) is 7.54. The van der Waals surface area contributed by atoms with Gasteiger partial charge in [0.2, 0.25) is 11.8 Å². The molecule has 1 aliphatic rings. The molecule has 6 heteroatoms. The number of carbonyl (C=O) groups excluding carboxylic acids is 2. The zero-order chi connectivity index (χ0) is 15.0. The molecule has 0 aromatic rings. The average Bonchev–Trinajstić information content (AvgIpc) is 2.44. The van der Waals surface area contributed by atoms with E-state index in [0.29, 0.717) is 19.5 Å². The Morgan fingerprint density at radius 3 is 2.80 bits per heavy atom. The fourth-order valence-corrected chi connectivity index (χ4v) is 2.49. The molecule has 2 amide bonds. The quantitative estimate of drug-likeness (QED) is 0.669. The smallest absolute Gasteiger partial charge is 0.224 e. The summed E-state index contributed by atoms with van der Waals surface area (Å²) in [6.45, 7) is 3.74. The standard InChI is InChI=1S/C14H28N4O2/c1-17(2)13(19)6-4-10-18-9-3-5-12(11-18)14(20)16-8-7-15/h12H,3-11,15H2,1-2H3,(H,16,20). The van der Waals surface area contributed by atoms with Gasteiger partial charge in [0.25, 0.3) is 0 Å². The molecule has 0 aliphatic carbocycles. The Morgan fingerprint density at radius 1 is 1.40 bits per heavy atom. The summed E-state index contributed by atoms with van der Waals surface area (Å²) in [7, 11) is 3.56. The molecule has 0 aromatic heterocycles. The predicted molar refractivity (Wildman–Crippen MR) is 79.2 cm³/mol. The molecule has 116 valence electrons. The van der Waals surface area contributed by atoms with Crippen molar-refractivity contribution >= 4 is 11.8 Å². The summed E-state index contributed by atoms with van der Waals surface area (Å²) >= 11 is 0. The number of amides is 2. The van der Waals surface area contributed by atoms with E-state index in [1.165, 1.54) is 0 Å². The lowest BCUT2D eigenvalue weighted by atomic mass is 9.97. The first kappa shape index (κ1) is 16.9. The van der Waals surface area contributed by atoms with Gasteiger partial charge in [-0.2, -0.15) is 0 Å². The van der Waals surface area contributed by atoms with Crippen molar-refractivity contribution < 1.29 is 9.59 Å². The van der Waals surface area contributed by atoms with Crippen LogP contribution in [0.15, 0.2) is 0 Å². The van der Waals surface area contributed by atoms with Gasteiger partial charge in [-0.15, -0.1) is 0 Å². The van der Waals surface area contributed by atoms with Gasteiger partial charge in [-0.05, 0) is 32.4 Å². The van der Waals surface area contributed by atoms with E-state index in [2.05, 4.69) is 10.2 Å². The number of likely N-dealkylation sites (tertiary alicyclic amines) is 1. The monoisotopic (exact) mass is 284 g/mol. The molecule has 1 atom stereocenters. The van der Waals surface area contributed by atoms with Crippen LogP contribution in [0.2, 0.25) is 0 Å². The molecule has 1 fully saturated rings. The van der Waals surface area contributed by atoms with Crippen LogP contribution in [-0.2, 0) is 9.59 Å². The zero-order valence-corrected chi connectivity index (χ0v) is 12.7. The molecular weight excluding hydrogens is 256 g/mol. The number of carbonyl (C=O) groups is 2. The molecule has 0 spiro atoms. The van der Waals surface area contributed by atoms with Gasteiger partial charge in [-0.3, -0.25) is 9.59 Å². The maximum absolute atomic E-state index is 11.9. The predicted octanol–water partition coefficient (Wildman–Crippen LogP) is -0.358. The van der Waals surface area contributed by atoms with E-state index in [0.717, 1.165) is 38.9 Å². The highest BCUT2D eigenvalue weighted by Gasteiger charge is 2.25. The third kappa shape index (κ3) is 5.88. The van der Waals surface area contributed by atoms with Gasteiger partial charge < -0.3 is 20.9 Å². The summed E-state index contributed by atoms with van der Waals surface area (Å²) in [4.78, 5) is 27.3. The highest BCUT2D eigenvalue weighted by atomic mass is 16.2. The van der Waals surface area contributed by atoms with E-state index in [1.54, 1.807) is 19.0 Å². The Hall–Kier alpha value is -1.14. The summed E-state index contributed by atoms with van der Waals surface area (Å²) in [5.41, 5.74) is 5.39. The van der Waals surface area contributed by atoms with Crippen molar-refractivity contribution in [1.29, 1.82) is 0 Å². The zero-order valence-electron chi connectivity index (χ0n) is 12.7. The maximum Gasteiger partial charge on any atom is 0.224 e. The van der Waals surface area contributed by atoms with E-state index in [9.17, 15) is 9.59 Å². The van der Waals surface area contributed by atoms with Crippen molar-refractivity contribution in [2.24, 2.45) is 11.7 Å². The summed E-state index contributed by atoms with van der Waals surface area (Å²) in [5.74, 6) is 0.351. The normalized spacial score (nSPS) is 19.6. The molecule has 1 saturated heterocycles. The summed E-state index contributed by atoms with van der Waals surface area (Å²) in [5, 5.41) is 2.86. The minimum absolute atomic E-state index is 0.0693. The molecule has 20 heavy (non-hydrogen) atoms. The molecule has 1 aliphatic heterocycles.